The van der Waals surface area contributed by atoms with Gasteiger partial charge in [0.1, 0.15) is 6.54 Å². The Morgan fingerprint density at radius 3 is 1.49 bits per heavy atom. The molecule has 0 radical (unpaired) electrons. The van der Waals surface area contributed by atoms with E-state index in [1.807, 2.05) is 36.7 Å². The van der Waals surface area contributed by atoms with Crippen LogP contribution >= 0.6 is 0 Å². The lowest BCUT2D eigenvalue weighted by Gasteiger charge is -2.30. The van der Waals surface area contributed by atoms with Crippen LogP contribution in [0.25, 0.3) is 0 Å². The Balaban J connectivity index is 1.57. The summed E-state index contributed by atoms with van der Waals surface area (Å²) in [5.41, 5.74) is 2.26. The number of anilines is 1. The Morgan fingerprint density at radius 2 is 1.00 bits per heavy atom. The maximum Gasteiger partial charge on any atom is 0.303 e. The van der Waals surface area contributed by atoms with Crippen LogP contribution in [-0.2, 0) is 93.3 Å². The quantitative estimate of drug-likeness (QED) is 0.0256. The van der Waals surface area contributed by atoms with Crippen LogP contribution in [0.5, 0.6) is 0 Å². The van der Waals surface area contributed by atoms with Crippen LogP contribution in [0.1, 0.15) is 69.9 Å². The van der Waals surface area contributed by atoms with E-state index < -0.39 is 52.9 Å². The van der Waals surface area contributed by atoms with Crippen molar-refractivity contribution in [2.45, 2.75) is 79.4 Å². The molecule has 26 heteroatoms. The molecule has 462 valence electrons. The molecule has 2 aliphatic heterocycles. The topological polar surface area (TPSA) is 299 Å². The largest absolute Gasteiger partial charge is 0.481 e. The number of carbonyl (C=O) groups is 1. The smallest absolute Gasteiger partial charge is 0.303 e. The fourth-order valence-corrected chi connectivity index (χ4v) is 10.9. The second-order valence-electron chi connectivity index (χ2n) is 19.6. The molecule has 0 aliphatic carbocycles. The third-order valence-corrected chi connectivity index (χ3v) is 16.1. The van der Waals surface area contributed by atoms with Crippen molar-refractivity contribution in [2.75, 3.05) is 157 Å². The molecule has 4 rings (SSSR count). The monoisotopic (exact) mass is 1220 g/mol. The number of carboxylic acids is 1. The van der Waals surface area contributed by atoms with Crippen LogP contribution < -0.4 is 4.90 Å². The van der Waals surface area contributed by atoms with Gasteiger partial charge in [0.2, 0.25) is 5.69 Å². The maximum atomic E-state index is 12.5. The van der Waals surface area contributed by atoms with Crippen LogP contribution in [-0.4, -0.2) is 212 Å². The average molecular weight is 1220 g/mol. The molecule has 2 unspecified atom stereocenters. The van der Waals surface area contributed by atoms with Crippen LogP contribution in [0.3, 0.4) is 0 Å². The molecule has 23 nitrogen and oxygen atoms in total. The highest BCUT2D eigenvalue weighted by Gasteiger charge is 2.48. The van der Waals surface area contributed by atoms with Crippen molar-refractivity contribution in [2.24, 2.45) is 0 Å². The van der Waals surface area contributed by atoms with E-state index in [0.29, 0.717) is 147 Å². The van der Waals surface area contributed by atoms with Gasteiger partial charge in [-0.2, -0.15) is 29.8 Å². The number of rotatable bonds is 46. The fraction of sp³-hybridized carbons (Fsp3) is 0.607. The minimum atomic E-state index is -4.62. The molecule has 82 heavy (non-hydrogen) atoms. The van der Waals surface area contributed by atoms with Crippen LogP contribution in [0.15, 0.2) is 94.4 Å². The first-order valence-corrected chi connectivity index (χ1v) is 31.8. The van der Waals surface area contributed by atoms with E-state index in [0.717, 1.165) is 11.4 Å². The lowest BCUT2D eigenvalue weighted by Crippen LogP contribution is -2.33. The molecule has 0 amide bonds. The average Bonchev–Trinajstić information content (AvgIpc) is 3.21. The Labute approximate surface area is 484 Å². The lowest BCUT2D eigenvalue weighted by atomic mass is 9.76. The summed E-state index contributed by atoms with van der Waals surface area (Å²) < 4.78 is 160. The Kier molecular flexibility index (Phi) is 31.2. The minimum Gasteiger partial charge on any atom is -0.481 e. The third-order valence-electron chi connectivity index (χ3n) is 13.6. The van der Waals surface area contributed by atoms with Gasteiger partial charge < -0.3 is 57.4 Å². The maximum absolute atomic E-state index is 12.5. The molecule has 0 saturated heterocycles. The van der Waals surface area contributed by atoms with Gasteiger partial charge in [0.25, 0.3) is 30.4 Å². The van der Waals surface area contributed by atoms with Gasteiger partial charge in [-0.05, 0) is 81.5 Å². The van der Waals surface area contributed by atoms with Crippen molar-refractivity contribution in [3.05, 3.63) is 95.8 Å². The normalized spacial score (nSPS) is 18.1. The Bertz CT molecular complexity index is 2780. The number of unbranched alkanes of at least 4 members (excludes halogenated alkanes) is 2. The van der Waals surface area contributed by atoms with Crippen molar-refractivity contribution < 1.29 is 101 Å². The molecule has 2 aromatic carbocycles. The van der Waals surface area contributed by atoms with E-state index >= 15 is 0 Å². The molecule has 0 aromatic heterocycles. The van der Waals surface area contributed by atoms with Crippen molar-refractivity contribution in [1.82, 2.24) is 0 Å². The zero-order valence-corrected chi connectivity index (χ0v) is 50.1. The fourth-order valence-electron chi connectivity index (χ4n) is 9.37. The SMILES string of the molecule is COCCOCCOCCOCCOCCC1(C)C(=CC=CC=CC=CC2=[N+](CCCS(=O)(=O)O)c3ccc(S(=O)(=O)O)cc3C2(C)CCOCCOCCOCCOCCOC)N(CCCCCC(=O)O)c2ccc(S(=O)(=O)O)cc21. The molecular weight excluding hydrogens is 1130 g/mol. The van der Waals surface area contributed by atoms with Gasteiger partial charge in [-0.1, -0.05) is 36.8 Å². The summed E-state index contributed by atoms with van der Waals surface area (Å²) in [7, 11) is -10.3. The highest BCUT2D eigenvalue weighted by molar-refractivity contribution is 7.86. The summed E-state index contributed by atoms with van der Waals surface area (Å²) in [4.78, 5) is 12.8. The second kappa shape index (κ2) is 36.5. The van der Waals surface area contributed by atoms with Gasteiger partial charge in [-0.15, -0.1) is 0 Å². The van der Waals surface area contributed by atoms with E-state index in [1.165, 1.54) is 24.3 Å². The number of carboxylic acid groups (broad SMARTS) is 1. The van der Waals surface area contributed by atoms with Crippen LogP contribution in [0.2, 0.25) is 0 Å². The van der Waals surface area contributed by atoms with Gasteiger partial charge in [-0.3, -0.25) is 18.5 Å². The number of benzene rings is 2. The molecule has 0 fully saturated rings. The van der Waals surface area contributed by atoms with Crippen LogP contribution in [0, 0.1) is 0 Å². The van der Waals surface area contributed by atoms with Gasteiger partial charge >= 0.3 is 5.97 Å². The summed E-state index contributed by atoms with van der Waals surface area (Å²) in [5, 5.41) is 9.26. The lowest BCUT2D eigenvalue weighted by molar-refractivity contribution is -0.437. The first-order valence-electron chi connectivity index (χ1n) is 27.3. The number of fused-ring (bicyclic) bond motifs is 2. The molecular formula is C56H85N2O21S3+. The predicted octanol–water partition coefficient (Wildman–Crippen LogP) is 6.00. The highest BCUT2D eigenvalue weighted by Crippen LogP contribution is 2.51. The molecule has 0 saturated carbocycles. The number of hydrogen-bond acceptors (Lipinski definition) is 18. The standard InChI is InChI=1S/C56H84N2O21S3/c1-55(21-25-72-31-33-76-39-41-78-37-35-74-29-27-70-3)48-44-46(81(64,65)66)17-19-50(48)57(23-12-8-11-16-54(59)60)52(55)14-9-6-5-7-10-15-53-56(2,22-26-73-32-34-77-40-42-79-38-36-75-30-28-71-4)49-45-47(82(67,68)69)18-20-51(49)58(53)24-13-43-80(61,62)63/h5-7,9-10,14-15,17-20,44-45H,8,11-13,16,21-43H2,1-4H3,(H3-,59,60,61,62,63,64,65,66,67,68,69)/p+1. The number of allylic oxidation sites excluding steroid dienone is 8. The van der Waals surface area contributed by atoms with E-state index in [9.17, 15) is 48.8 Å². The minimum absolute atomic E-state index is 0.0267. The number of methoxy groups -OCH3 is 2. The first-order chi connectivity index (χ1) is 39.2. The number of nitrogens with zero attached hydrogens (tertiary/aromatic N) is 2. The Hall–Kier alpha value is -4.33. The summed E-state index contributed by atoms with van der Waals surface area (Å²) in [6, 6.07) is 8.74. The molecule has 2 aromatic rings. The zero-order valence-electron chi connectivity index (χ0n) is 47.7. The molecule has 2 atom stereocenters. The molecule has 2 aliphatic rings. The van der Waals surface area contributed by atoms with E-state index in [1.54, 1.807) is 50.7 Å². The first kappa shape index (κ1) is 70.2. The predicted molar refractivity (Wildman–Crippen MR) is 307 cm³/mol. The number of aliphatic carboxylic acids is 1. The van der Waals surface area contributed by atoms with Crippen molar-refractivity contribution in [3.63, 3.8) is 0 Å². The number of hydrogen-bond donors (Lipinski definition) is 4. The molecule has 2 heterocycles. The van der Waals surface area contributed by atoms with Gasteiger partial charge in [0.15, 0.2) is 5.71 Å². The summed E-state index contributed by atoms with van der Waals surface area (Å²) in [6.45, 7) is 11.2. The highest BCUT2D eigenvalue weighted by atomic mass is 32.2. The van der Waals surface area contributed by atoms with E-state index in [4.69, 9.17) is 47.4 Å². The summed E-state index contributed by atoms with van der Waals surface area (Å²) >= 11 is 0. The van der Waals surface area contributed by atoms with Gasteiger partial charge in [0, 0.05) is 81.3 Å². The van der Waals surface area contributed by atoms with Crippen LogP contribution in [0.4, 0.5) is 11.4 Å². The molecule has 0 spiro atoms. The van der Waals surface area contributed by atoms with Crippen molar-refractivity contribution >= 4 is 53.4 Å². The van der Waals surface area contributed by atoms with E-state index in [2.05, 4.69) is 4.90 Å². The second-order valence-corrected chi connectivity index (χ2v) is 24.0. The zero-order chi connectivity index (χ0) is 59.9. The third kappa shape index (κ3) is 24.0. The summed E-state index contributed by atoms with van der Waals surface area (Å²) in [6.07, 6.45) is 15.3. The van der Waals surface area contributed by atoms with Crippen molar-refractivity contribution in [1.29, 1.82) is 0 Å². The molecule has 0 bridgehead atoms. The number of ether oxygens (including phenoxy) is 10. The Morgan fingerprint density at radius 1 is 0.549 bits per heavy atom. The summed E-state index contributed by atoms with van der Waals surface area (Å²) in [5.74, 6) is -1.41. The van der Waals surface area contributed by atoms with Gasteiger partial charge in [-0.25, -0.2) is 0 Å². The van der Waals surface area contributed by atoms with E-state index in [-0.39, 0.29) is 62.2 Å². The van der Waals surface area contributed by atoms with Crippen molar-refractivity contribution in [3.8, 4) is 0 Å². The molecule has 4 N–H and O–H groups in total. The van der Waals surface area contributed by atoms with Gasteiger partial charge in [0.05, 0.1) is 127 Å².